The largest absolute Gasteiger partial charge is 0.494 e. The van der Waals surface area contributed by atoms with Gasteiger partial charge in [-0.3, -0.25) is 24.9 Å². The summed E-state index contributed by atoms with van der Waals surface area (Å²) < 4.78 is 37.8. The molecule has 10 nitrogen and oxygen atoms in total. The molecule has 1 saturated heterocycles. The normalized spacial score (nSPS) is 16.5. The summed E-state index contributed by atoms with van der Waals surface area (Å²) in [6.07, 6.45) is 0.699. The average molecular weight is 490 g/mol. The number of anilines is 1. The van der Waals surface area contributed by atoms with Crippen molar-refractivity contribution in [2.24, 2.45) is 0 Å². The first-order valence-corrected chi connectivity index (χ1v) is 11.0. The van der Waals surface area contributed by atoms with Crippen molar-refractivity contribution >= 4 is 40.1 Å². The van der Waals surface area contributed by atoms with E-state index in [0.717, 1.165) is 17.8 Å². The van der Waals surface area contributed by atoms with Crippen LogP contribution in [0.3, 0.4) is 0 Å². The maximum absolute atomic E-state index is 13.4. The van der Waals surface area contributed by atoms with Gasteiger partial charge in [0.25, 0.3) is 18.2 Å². The number of rotatable bonds is 6. The van der Waals surface area contributed by atoms with Crippen LogP contribution in [0.1, 0.15) is 35.3 Å². The number of alkyl halides is 2. The van der Waals surface area contributed by atoms with E-state index >= 15 is 0 Å². The van der Waals surface area contributed by atoms with E-state index in [1.54, 1.807) is 0 Å². The molecule has 13 heteroatoms. The van der Waals surface area contributed by atoms with Gasteiger partial charge in [-0.25, -0.2) is 13.8 Å². The molecule has 2 amide bonds. The summed E-state index contributed by atoms with van der Waals surface area (Å²) in [5.41, 5.74) is -0.205. The van der Waals surface area contributed by atoms with Crippen molar-refractivity contribution in [2.75, 3.05) is 25.2 Å². The highest BCUT2D eigenvalue weighted by Gasteiger charge is 2.55. The molecule has 2 aromatic rings. The van der Waals surface area contributed by atoms with Gasteiger partial charge >= 0.3 is 0 Å². The van der Waals surface area contributed by atoms with E-state index < -0.39 is 23.6 Å². The molecule has 3 heterocycles. The fourth-order valence-electron chi connectivity index (χ4n) is 3.64. The first kappa shape index (κ1) is 23.7. The standard InChI is InChI=1S/C21H20F2N6O4S/c1-32-15-9-26-14(17(22)23)6-12(15)11-7-16(29-4-5-33-21(2-3-21)19(29)31)27-8-13(11)18(30)28-20(25)34-10-24/h6-10,17,24H,2-5H2,1H3,(H2,25,28,30). The second kappa shape index (κ2) is 9.43. The molecule has 0 bridgehead atoms. The number of carbonyl (C=O) groups excluding carboxylic acids is 2. The zero-order valence-corrected chi connectivity index (χ0v) is 18.7. The Morgan fingerprint density at radius 1 is 1.32 bits per heavy atom. The molecule has 1 aliphatic carbocycles. The summed E-state index contributed by atoms with van der Waals surface area (Å²) in [5, 5.41) is 16.8. The Hall–Kier alpha value is -3.45. The summed E-state index contributed by atoms with van der Waals surface area (Å²) in [6, 6.07) is 2.56. The number of methoxy groups -OCH3 is 1. The highest BCUT2D eigenvalue weighted by molar-refractivity contribution is 8.24. The van der Waals surface area contributed by atoms with E-state index in [9.17, 15) is 18.4 Å². The van der Waals surface area contributed by atoms with Gasteiger partial charge in [-0.1, -0.05) is 0 Å². The van der Waals surface area contributed by atoms with Crippen LogP contribution in [0.2, 0.25) is 0 Å². The molecule has 1 saturated carbocycles. The van der Waals surface area contributed by atoms with Crippen LogP contribution in [-0.2, 0) is 9.53 Å². The van der Waals surface area contributed by atoms with E-state index in [1.807, 2.05) is 0 Å². The van der Waals surface area contributed by atoms with Crippen molar-refractivity contribution < 1.29 is 27.8 Å². The lowest BCUT2D eigenvalue weighted by Gasteiger charge is -2.32. The van der Waals surface area contributed by atoms with Gasteiger partial charge in [-0.15, -0.1) is 0 Å². The summed E-state index contributed by atoms with van der Waals surface area (Å²) in [4.78, 5) is 35.3. The lowest BCUT2D eigenvalue weighted by molar-refractivity contribution is -0.137. The lowest BCUT2D eigenvalue weighted by Crippen LogP contribution is -2.49. The molecule has 2 aliphatic rings. The van der Waals surface area contributed by atoms with Crippen LogP contribution < -0.4 is 15.0 Å². The molecule has 2 fully saturated rings. The second-order valence-electron chi connectivity index (χ2n) is 7.52. The number of hydrogen-bond acceptors (Lipinski definition) is 9. The zero-order chi connectivity index (χ0) is 24.5. The van der Waals surface area contributed by atoms with Crippen LogP contribution in [0, 0.1) is 10.8 Å². The number of nitrogens with zero attached hydrogens (tertiary/aromatic N) is 3. The van der Waals surface area contributed by atoms with Crippen molar-refractivity contribution in [2.45, 2.75) is 24.9 Å². The molecule has 34 heavy (non-hydrogen) atoms. The van der Waals surface area contributed by atoms with Crippen molar-refractivity contribution in [3.05, 3.63) is 35.8 Å². The van der Waals surface area contributed by atoms with Crippen LogP contribution in [-0.4, -0.2) is 58.4 Å². The minimum atomic E-state index is -2.86. The fraction of sp³-hybridized carbons (Fsp3) is 0.333. The van der Waals surface area contributed by atoms with Crippen LogP contribution in [0.25, 0.3) is 11.1 Å². The van der Waals surface area contributed by atoms with Gasteiger partial charge in [-0.05, 0) is 36.7 Å². The summed E-state index contributed by atoms with van der Waals surface area (Å²) in [5.74, 6) is -0.620. The molecule has 0 unspecified atom stereocenters. The van der Waals surface area contributed by atoms with Gasteiger partial charge in [0.2, 0.25) is 0 Å². The van der Waals surface area contributed by atoms with Gasteiger partial charge < -0.3 is 20.2 Å². The topological polar surface area (TPSA) is 141 Å². The number of carbonyl (C=O) groups is 2. The number of hydrogen-bond donors (Lipinski definition) is 3. The van der Waals surface area contributed by atoms with E-state index in [4.69, 9.17) is 20.3 Å². The first-order valence-electron chi connectivity index (χ1n) is 10.1. The van der Waals surface area contributed by atoms with Gasteiger partial charge in [0.15, 0.2) is 5.17 Å². The number of nitrogens with one attached hydrogen (secondary N) is 3. The highest BCUT2D eigenvalue weighted by Crippen LogP contribution is 2.44. The highest BCUT2D eigenvalue weighted by atomic mass is 32.2. The number of pyridine rings is 2. The number of thioether (sulfide) groups is 1. The minimum absolute atomic E-state index is 0.0364. The maximum atomic E-state index is 13.4. The Morgan fingerprint density at radius 3 is 2.74 bits per heavy atom. The number of amidine groups is 1. The smallest absolute Gasteiger partial charge is 0.280 e. The monoisotopic (exact) mass is 490 g/mol. The Bertz CT molecular complexity index is 1170. The number of amides is 2. The van der Waals surface area contributed by atoms with Crippen molar-refractivity contribution in [1.29, 1.82) is 10.8 Å². The Morgan fingerprint density at radius 2 is 2.09 bits per heavy atom. The van der Waals surface area contributed by atoms with E-state index in [2.05, 4.69) is 15.3 Å². The van der Waals surface area contributed by atoms with Crippen molar-refractivity contribution in [1.82, 2.24) is 15.3 Å². The van der Waals surface area contributed by atoms with Crippen LogP contribution in [0.4, 0.5) is 14.6 Å². The minimum Gasteiger partial charge on any atom is -0.494 e. The molecule has 0 atom stereocenters. The zero-order valence-electron chi connectivity index (χ0n) is 17.9. The molecular weight excluding hydrogens is 470 g/mol. The van der Waals surface area contributed by atoms with Crippen molar-refractivity contribution in [3.63, 3.8) is 0 Å². The summed E-state index contributed by atoms with van der Waals surface area (Å²) >= 11 is 0.675. The molecule has 1 aliphatic heterocycles. The molecule has 0 aromatic carbocycles. The van der Waals surface area contributed by atoms with E-state index in [-0.39, 0.29) is 45.9 Å². The Balaban J connectivity index is 1.83. The molecule has 2 aromatic heterocycles. The van der Waals surface area contributed by atoms with E-state index in [1.165, 1.54) is 24.3 Å². The average Bonchev–Trinajstić information content (AvgIpc) is 3.60. The summed E-state index contributed by atoms with van der Waals surface area (Å²) in [6.45, 7) is 0.562. The molecular formula is C21H20F2N6O4S. The molecule has 0 radical (unpaired) electrons. The lowest BCUT2D eigenvalue weighted by atomic mass is 9.99. The maximum Gasteiger partial charge on any atom is 0.280 e. The third kappa shape index (κ3) is 4.48. The molecule has 4 rings (SSSR count). The molecule has 3 N–H and O–H groups in total. The number of halogens is 2. The van der Waals surface area contributed by atoms with Gasteiger partial charge in [0, 0.05) is 17.3 Å². The fourth-order valence-corrected chi connectivity index (χ4v) is 3.91. The molecule has 178 valence electrons. The second-order valence-corrected chi connectivity index (χ2v) is 8.40. The quantitative estimate of drug-likeness (QED) is 0.417. The summed E-state index contributed by atoms with van der Waals surface area (Å²) in [7, 11) is 1.34. The third-order valence-electron chi connectivity index (χ3n) is 5.47. The molecule has 1 spiro atoms. The number of ether oxygens (including phenoxy) is 2. The third-order valence-corrected chi connectivity index (χ3v) is 5.92. The predicted molar refractivity (Wildman–Crippen MR) is 121 cm³/mol. The van der Waals surface area contributed by atoms with E-state index in [0.29, 0.717) is 31.2 Å². The SMILES string of the molecule is COc1cnc(C(F)F)cc1-c1cc(N2CCOC3(CC3)C2=O)ncc1C(=O)NC(=N)SC=N. The Kier molecular flexibility index (Phi) is 6.57. The predicted octanol–water partition coefficient (Wildman–Crippen LogP) is 2.99. The van der Waals surface area contributed by atoms with Crippen LogP contribution in [0.15, 0.2) is 24.5 Å². The van der Waals surface area contributed by atoms with Gasteiger partial charge in [0.1, 0.15) is 22.9 Å². The first-order chi connectivity index (χ1) is 16.3. The van der Waals surface area contributed by atoms with Crippen molar-refractivity contribution in [3.8, 4) is 16.9 Å². The Labute approximate surface area is 197 Å². The van der Waals surface area contributed by atoms with Crippen LogP contribution in [0.5, 0.6) is 5.75 Å². The van der Waals surface area contributed by atoms with Gasteiger partial charge in [-0.2, -0.15) is 0 Å². The van der Waals surface area contributed by atoms with Crippen LogP contribution >= 0.6 is 11.8 Å². The number of aromatic nitrogens is 2. The van der Waals surface area contributed by atoms with Gasteiger partial charge in [0.05, 0.1) is 37.6 Å². The number of morpholine rings is 1.